The van der Waals surface area contributed by atoms with Crippen molar-refractivity contribution < 1.29 is 9.90 Å². The first-order valence-electron chi connectivity index (χ1n) is 8.83. The van der Waals surface area contributed by atoms with Crippen LogP contribution in [-0.2, 0) is 0 Å². The van der Waals surface area contributed by atoms with Crippen LogP contribution in [-0.4, -0.2) is 29.0 Å². The van der Waals surface area contributed by atoms with Gasteiger partial charge in [-0.15, -0.1) is 11.3 Å². The fraction of sp³-hybridized carbons (Fsp3) is 0.250. The van der Waals surface area contributed by atoms with Gasteiger partial charge >= 0.3 is 0 Å². The first-order valence-corrected chi connectivity index (χ1v) is 10.0. The van der Waals surface area contributed by atoms with E-state index in [9.17, 15) is 14.7 Å². The summed E-state index contributed by atoms with van der Waals surface area (Å²) >= 11 is 7.28. The number of aryl methyl sites for hydroxylation is 1. The van der Waals surface area contributed by atoms with Gasteiger partial charge in [0, 0.05) is 18.8 Å². The van der Waals surface area contributed by atoms with Gasteiger partial charge in [0.25, 0.3) is 5.56 Å². The molecule has 0 aliphatic rings. The van der Waals surface area contributed by atoms with Crippen molar-refractivity contribution in [1.82, 2.24) is 9.97 Å². The molecule has 0 amide bonds. The number of hydrogen-bond acceptors (Lipinski definition) is 6. The SMILES string of the molecule is CCN(CC)c1ccc(/C=C(\Cl)c2nc3sc(C(=O)[O-])c(C)c3c(=O)[nH]2)cc1. The molecule has 6 nitrogen and oxygen atoms in total. The molecule has 0 atom stereocenters. The molecule has 8 heteroatoms. The molecular formula is C20H19ClN3O3S-. The van der Waals surface area contributed by atoms with Crippen LogP contribution in [0, 0.1) is 6.92 Å². The summed E-state index contributed by atoms with van der Waals surface area (Å²) in [6, 6.07) is 7.90. The van der Waals surface area contributed by atoms with E-state index in [-0.39, 0.29) is 21.1 Å². The van der Waals surface area contributed by atoms with E-state index in [4.69, 9.17) is 11.6 Å². The van der Waals surface area contributed by atoms with Gasteiger partial charge in [0.15, 0.2) is 5.82 Å². The number of aromatic amines is 1. The number of anilines is 1. The number of aromatic carboxylic acids is 1. The van der Waals surface area contributed by atoms with Crippen LogP contribution in [0.15, 0.2) is 29.1 Å². The number of nitrogens with one attached hydrogen (secondary N) is 1. The highest BCUT2D eigenvalue weighted by atomic mass is 35.5. The minimum absolute atomic E-state index is 0.00255. The minimum atomic E-state index is -1.32. The third-order valence-corrected chi connectivity index (χ3v) is 5.98. The molecule has 2 heterocycles. The summed E-state index contributed by atoms with van der Waals surface area (Å²) < 4.78 is 0. The van der Waals surface area contributed by atoms with Crippen LogP contribution < -0.4 is 15.6 Å². The maximum atomic E-state index is 12.4. The third kappa shape index (κ3) is 3.81. The first kappa shape index (κ1) is 20.1. The number of benzene rings is 1. The molecule has 0 aliphatic heterocycles. The Balaban J connectivity index is 1.98. The van der Waals surface area contributed by atoms with Crippen LogP contribution in [0.3, 0.4) is 0 Å². The van der Waals surface area contributed by atoms with Gasteiger partial charge in [-0.25, -0.2) is 4.98 Å². The van der Waals surface area contributed by atoms with E-state index in [1.54, 1.807) is 13.0 Å². The second-order valence-electron chi connectivity index (χ2n) is 6.19. The molecule has 3 rings (SSSR count). The largest absolute Gasteiger partial charge is 0.544 e. The maximum absolute atomic E-state index is 12.4. The van der Waals surface area contributed by atoms with Crippen LogP contribution in [0.2, 0.25) is 0 Å². The summed E-state index contributed by atoms with van der Waals surface area (Å²) in [6.45, 7) is 7.61. The van der Waals surface area contributed by atoms with Crippen molar-refractivity contribution >= 4 is 55.9 Å². The lowest BCUT2D eigenvalue weighted by molar-refractivity contribution is -0.254. The molecule has 28 heavy (non-hydrogen) atoms. The number of aromatic nitrogens is 2. The molecule has 3 aromatic rings. The number of hydrogen-bond donors (Lipinski definition) is 1. The zero-order valence-corrected chi connectivity index (χ0v) is 17.3. The number of carboxylic acids is 1. The van der Waals surface area contributed by atoms with Crippen LogP contribution in [0.25, 0.3) is 21.3 Å². The minimum Gasteiger partial charge on any atom is -0.544 e. The van der Waals surface area contributed by atoms with E-state index in [1.807, 2.05) is 24.3 Å². The molecule has 0 saturated carbocycles. The monoisotopic (exact) mass is 416 g/mol. The molecule has 146 valence electrons. The molecule has 1 N–H and O–H groups in total. The molecule has 0 saturated heterocycles. The Morgan fingerprint density at radius 3 is 2.50 bits per heavy atom. The third-order valence-electron chi connectivity index (χ3n) is 4.53. The summed E-state index contributed by atoms with van der Waals surface area (Å²) in [5, 5.41) is 11.7. The fourth-order valence-corrected chi connectivity index (χ4v) is 4.27. The Hall–Kier alpha value is -2.64. The highest BCUT2D eigenvalue weighted by Crippen LogP contribution is 2.28. The summed E-state index contributed by atoms with van der Waals surface area (Å²) in [5.74, 6) is -1.13. The molecule has 2 aromatic heterocycles. The number of rotatable bonds is 6. The van der Waals surface area contributed by atoms with Crippen molar-refractivity contribution in [3.05, 3.63) is 56.4 Å². The maximum Gasteiger partial charge on any atom is 0.260 e. The first-order chi connectivity index (χ1) is 13.3. The van der Waals surface area contributed by atoms with Gasteiger partial charge in [-0.1, -0.05) is 23.7 Å². The highest BCUT2D eigenvalue weighted by Gasteiger charge is 2.16. The Morgan fingerprint density at radius 2 is 1.93 bits per heavy atom. The van der Waals surface area contributed by atoms with Gasteiger partial charge in [0.05, 0.1) is 21.3 Å². The topological polar surface area (TPSA) is 89.1 Å². The standard InChI is InChI=1S/C20H20ClN3O3S/c1-4-24(5-2)13-8-6-12(7-9-13)10-14(21)17-22-18(25)15-11(3)16(20(26)27)28-19(15)23-17/h6-10H,4-5H2,1-3H3,(H,26,27)(H,22,23,25)/p-1/b14-10-. The second-order valence-corrected chi connectivity index (χ2v) is 7.60. The number of carbonyl (C=O) groups excluding carboxylic acids is 1. The van der Waals surface area contributed by atoms with Gasteiger partial charge in [0.1, 0.15) is 4.83 Å². The predicted octanol–water partition coefficient (Wildman–Crippen LogP) is 3.24. The summed E-state index contributed by atoms with van der Waals surface area (Å²) in [4.78, 5) is 33.1. The summed E-state index contributed by atoms with van der Waals surface area (Å²) in [5.41, 5.74) is 1.91. The molecule has 0 bridgehead atoms. The van der Waals surface area contributed by atoms with Gasteiger partial charge in [-0.05, 0) is 50.1 Å². The van der Waals surface area contributed by atoms with Crippen molar-refractivity contribution in [3.63, 3.8) is 0 Å². The lowest BCUT2D eigenvalue weighted by Crippen LogP contribution is -2.21. The van der Waals surface area contributed by atoms with Crippen LogP contribution >= 0.6 is 22.9 Å². The van der Waals surface area contributed by atoms with Crippen LogP contribution in [0.1, 0.15) is 40.5 Å². The van der Waals surface area contributed by atoms with Crippen LogP contribution in [0.4, 0.5) is 5.69 Å². The molecule has 0 aliphatic carbocycles. The zero-order valence-electron chi connectivity index (χ0n) is 15.7. The van der Waals surface area contributed by atoms with E-state index >= 15 is 0 Å². The number of halogens is 1. The Bertz CT molecular complexity index is 1110. The lowest BCUT2D eigenvalue weighted by Gasteiger charge is -2.20. The summed E-state index contributed by atoms with van der Waals surface area (Å²) in [6.07, 6.45) is 1.71. The van der Waals surface area contributed by atoms with E-state index in [1.165, 1.54) is 0 Å². The van der Waals surface area contributed by atoms with Gasteiger partial charge in [0.2, 0.25) is 0 Å². The predicted molar refractivity (Wildman–Crippen MR) is 113 cm³/mol. The average molecular weight is 417 g/mol. The number of nitrogens with zero attached hydrogens (tertiary/aromatic N) is 2. The normalized spacial score (nSPS) is 11.8. The van der Waals surface area contributed by atoms with E-state index in [2.05, 4.69) is 28.7 Å². The van der Waals surface area contributed by atoms with Gasteiger partial charge in [-0.2, -0.15) is 0 Å². The fourth-order valence-electron chi connectivity index (χ4n) is 3.04. The molecule has 0 radical (unpaired) electrons. The lowest BCUT2D eigenvalue weighted by atomic mass is 10.1. The molecule has 0 spiro atoms. The van der Waals surface area contributed by atoms with Crippen molar-refractivity contribution in [3.8, 4) is 0 Å². The van der Waals surface area contributed by atoms with Crippen molar-refractivity contribution in [2.45, 2.75) is 20.8 Å². The van der Waals surface area contributed by atoms with Gasteiger partial charge < -0.3 is 19.8 Å². The zero-order chi connectivity index (χ0) is 20.4. The Labute approximate surface area is 171 Å². The van der Waals surface area contributed by atoms with Crippen LogP contribution in [0.5, 0.6) is 0 Å². The number of thiophene rings is 1. The number of fused-ring (bicyclic) bond motifs is 1. The smallest absolute Gasteiger partial charge is 0.260 e. The molecule has 0 unspecified atom stereocenters. The summed E-state index contributed by atoms with van der Waals surface area (Å²) in [7, 11) is 0. The van der Waals surface area contributed by atoms with Crippen molar-refractivity contribution in [2.24, 2.45) is 0 Å². The highest BCUT2D eigenvalue weighted by molar-refractivity contribution is 7.20. The number of H-pyrrole nitrogens is 1. The Morgan fingerprint density at radius 1 is 1.29 bits per heavy atom. The Kier molecular flexibility index (Phi) is 5.86. The van der Waals surface area contributed by atoms with Crippen molar-refractivity contribution in [1.29, 1.82) is 0 Å². The molecular weight excluding hydrogens is 398 g/mol. The van der Waals surface area contributed by atoms with Gasteiger partial charge in [-0.3, -0.25) is 4.79 Å². The molecule has 1 aromatic carbocycles. The van der Waals surface area contributed by atoms with E-state index in [0.717, 1.165) is 35.7 Å². The average Bonchev–Trinajstić information content (AvgIpc) is 3.01. The molecule has 0 fully saturated rings. The van der Waals surface area contributed by atoms with E-state index < -0.39 is 11.5 Å². The second kappa shape index (κ2) is 8.16. The van der Waals surface area contributed by atoms with Crippen molar-refractivity contribution in [2.75, 3.05) is 18.0 Å². The number of carboxylic acid groups (broad SMARTS) is 1. The number of carbonyl (C=O) groups is 1. The quantitative estimate of drug-likeness (QED) is 0.666. The van der Waals surface area contributed by atoms with E-state index in [0.29, 0.717) is 10.4 Å².